The lowest BCUT2D eigenvalue weighted by Gasteiger charge is -2.05. The van der Waals surface area contributed by atoms with Crippen molar-refractivity contribution in [1.82, 2.24) is 15.1 Å². The summed E-state index contributed by atoms with van der Waals surface area (Å²) >= 11 is 0. The van der Waals surface area contributed by atoms with Gasteiger partial charge in [0.15, 0.2) is 0 Å². The van der Waals surface area contributed by atoms with Crippen LogP contribution in [0.5, 0.6) is 0 Å². The number of nitro benzene ring substituents is 1. The van der Waals surface area contributed by atoms with Crippen molar-refractivity contribution in [3.63, 3.8) is 0 Å². The fraction of sp³-hybridized carbons (Fsp3) is 0.357. The molecule has 1 heterocycles. The number of nitrogens with one attached hydrogen (secondary N) is 1. The molecular weight excluding hydrogens is 256 g/mol. The summed E-state index contributed by atoms with van der Waals surface area (Å²) in [5.74, 6) is 0. The molecule has 20 heavy (non-hydrogen) atoms. The molecule has 0 aliphatic carbocycles. The maximum absolute atomic E-state index is 10.9. The highest BCUT2D eigenvalue weighted by atomic mass is 16.6. The fourth-order valence-corrected chi connectivity index (χ4v) is 2.17. The molecule has 0 unspecified atom stereocenters. The average molecular weight is 274 g/mol. The zero-order valence-corrected chi connectivity index (χ0v) is 11.7. The van der Waals surface area contributed by atoms with Crippen LogP contribution in [0.1, 0.15) is 16.8 Å². The number of aromatic nitrogens is 2. The minimum Gasteiger partial charge on any atom is -0.312 e. The van der Waals surface area contributed by atoms with Crippen molar-refractivity contribution < 1.29 is 4.92 Å². The van der Waals surface area contributed by atoms with E-state index in [1.165, 1.54) is 0 Å². The molecule has 1 aromatic carbocycles. The summed E-state index contributed by atoms with van der Waals surface area (Å²) in [6.07, 6.45) is 2.61. The number of aryl methyl sites for hydroxylation is 2. The van der Waals surface area contributed by atoms with E-state index < -0.39 is 0 Å². The minimum atomic E-state index is -0.333. The van der Waals surface area contributed by atoms with Gasteiger partial charge in [0.05, 0.1) is 10.6 Å². The first-order valence-electron chi connectivity index (χ1n) is 6.50. The first-order valence-corrected chi connectivity index (χ1v) is 6.50. The lowest BCUT2D eigenvalue weighted by molar-refractivity contribution is -0.385. The van der Waals surface area contributed by atoms with E-state index in [-0.39, 0.29) is 10.6 Å². The van der Waals surface area contributed by atoms with Crippen LogP contribution in [0.4, 0.5) is 5.69 Å². The van der Waals surface area contributed by atoms with E-state index in [0.29, 0.717) is 13.0 Å². The summed E-state index contributed by atoms with van der Waals surface area (Å²) in [7, 11) is 1.89. The van der Waals surface area contributed by atoms with E-state index in [0.717, 1.165) is 23.4 Å². The molecule has 0 amide bonds. The number of hydrogen-bond acceptors (Lipinski definition) is 4. The minimum absolute atomic E-state index is 0.187. The lowest BCUT2D eigenvalue weighted by atomic mass is 10.1. The molecule has 0 bridgehead atoms. The van der Waals surface area contributed by atoms with Crippen LogP contribution in [0, 0.1) is 17.0 Å². The molecular formula is C14H18N4O2. The molecule has 0 aliphatic heterocycles. The Kier molecular flexibility index (Phi) is 4.47. The van der Waals surface area contributed by atoms with E-state index in [1.54, 1.807) is 22.9 Å². The van der Waals surface area contributed by atoms with Gasteiger partial charge in [0.25, 0.3) is 5.69 Å². The summed E-state index contributed by atoms with van der Waals surface area (Å²) in [4.78, 5) is 10.6. The Balaban J connectivity index is 1.88. The number of para-hydroxylation sites is 1. The molecule has 1 aromatic heterocycles. The van der Waals surface area contributed by atoms with Gasteiger partial charge >= 0.3 is 0 Å². The van der Waals surface area contributed by atoms with Crippen LogP contribution < -0.4 is 5.32 Å². The smallest absolute Gasteiger partial charge is 0.272 e. The van der Waals surface area contributed by atoms with E-state index in [2.05, 4.69) is 10.4 Å². The first-order chi connectivity index (χ1) is 9.58. The van der Waals surface area contributed by atoms with Crippen LogP contribution in [-0.4, -0.2) is 21.2 Å². The quantitative estimate of drug-likeness (QED) is 0.496. The van der Waals surface area contributed by atoms with Crippen molar-refractivity contribution in [1.29, 1.82) is 0 Å². The van der Waals surface area contributed by atoms with Crippen molar-refractivity contribution in [2.45, 2.75) is 19.9 Å². The van der Waals surface area contributed by atoms with Gasteiger partial charge < -0.3 is 5.32 Å². The van der Waals surface area contributed by atoms with Crippen LogP contribution in [0.25, 0.3) is 0 Å². The summed E-state index contributed by atoms with van der Waals surface area (Å²) in [5, 5.41) is 18.5. The lowest BCUT2D eigenvalue weighted by Crippen LogP contribution is -2.17. The maximum atomic E-state index is 10.9. The largest absolute Gasteiger partial charge is 0.312 e. The van der Waals surface area contributed by atoms with Crippen LogP contribution in [0.2, 0.25) is 0 Å². The van der Waals surface area contributed by atoms with E-state index in [9.17, 15) is 10.1 Å². The van der Waals surface area contributed by atoms with Crippen LogP contribution >= 0.6 is 0 Å². The number of nitro groups is 1. The molecule has 0 aliphatic rings. The SMILES string of the molecule is Cc1nn(C)cc1CNCCc1ccccc1[N+](=O)[O-]. The van der Waals surface area contributed by atoms with Gasteiger partial charge in [0.1, 0.15) is 0 Å². The zero-order chi connectivity index (χ0) is 14.5. The molecule has 0 saturated carbocycles. The second-order valence-corrected chi connectivity index (χ2v) is 4.73. The number of rotatable bonds is 6. The van der Waals surface area contributed by atoms with Gasteiger partial charge in [-0.1, -0.05) is 18.2 Å². The Morgan fingerprint density at radius 2 is 2.10 bits per heavy atom. The molecule has 0 spiro atoms. The third-order valence-corrected chi connectivity index (χ3v) is 3.19. The highest BCUT2D eigenvalue weighted by molar-refractivity contribution is 5.39. The third kappa shape index (κ3) is 3.42. The van der Waals surface area contributed by atoms with Crippen molar-refractivity contribution in [2.24, 2.45) is 7.05 Å². The molecule has 0 atom stereocenters. The predicted octanol–water partition coefficient (Wildman–Crippen LogP) is 1.97. The summed E-state index contributed by atoms with van der Waals surface area (Å²) in [6, 6.07) is 6.86. The van der Waals surface area contributed by atoms with Gasteiger partial charge in [-0.3, -0.25) is 14.8 Å². The zero-order valence-electron chi connectivity index (χ0n) is 11.7. The highest BCUT2D eigenvalue weighted by Gasteiger charge is 2.11. The Hall–Kier alpha value is -2.21. The summed E-state index contributed by atoms with van der Waals surface area (Å²) in [6.45, 7) is 3.39. The first kappa shape index (κ1) is 14.2. The predicted molar refractivity (Wildman–Crippen MR) is 76.5 cm³/mol. The third-order valence-electron chi connectivity index (χ3n) is 3.19. The molecule has 2 aromatic rings. The molecule has 1 N–H and O–H groups in total. The summed E-state index contributed by atoms with van der Waals surface area (Å²) < 4.78 is 1.79. The molecule has 0 fully saturated rings. The number of benzene rings is 1. The highest BCUT2D eigenvalue weighted by Crippen LogP contribution is 2.17. The molecule has 0 radical (unpaired) electrons. The fourth-order valence-electron chi connectivity index (χ4n) is 2.17. The molecule has 6 nitrogen and oxygen atoms in total. The van der Waals surface area contributed by atoms with Crippen LogP contribution in [0.15, 0.2) is 30.5 Å². The van der Waals surface area contributed by atoms with Crippen LogP contribution in [0.3, 0.4) is 0 Å². The Labute approximate surface area is 117 Å². The van der Waals surface area contributed by atoms with Gasteiger partial charge in [-0.05, 0) is 19.9 Å². The van der Waals surface area contributed by atoms with Gasteiger partial charge in [0.2, 0.25) is 0 Å². The monoisotopic (exact) mass is 274 g/mol. The second-order valence-electron chi connectivity index (χ2n) is 4.73. The molecule has 2 rings (SSSR count). The Bertz CT molecular complexity index is 607. The summed E-state index contributed by atoms with van der Waals surface area (Å²) in [5.41, 5.74) is 3.10. The molecule has 106 valence electrons. The number of hydrogen-bond donors (Lipinski definition) is 1. The Morgan fingerprint density at radius 3 is 2.75 bits per heavy atom. The van der Waals surface area contributed by atoms with Crippen molar-refractivity contribution >= 4 is 5.69 Å². The van der Waals surface area contributed by atoms with E-state index in [4.69, 9.17) is 0 Å². The van der Waals surface area contributed by atoms with Crippen molar-refractivity contribution in [3.8, 4) is 0 Å². The maximum Gasteiger partial charge on any atom is 0.272 e. The second kappa shape index (κ2) is 6.29. The topological polar surface area (TPSA) is 73.0 Å². The number of nitrogens with zero attached hydrogens (tertiary/aromatic N) is 3. The van der Waals surface area contributed by atoms with Gasteiger partial charge in [-0.2, -0.15) is 5.10 Å². The average Bonchev–Trinajstić information content (AvgIpc) is 2.73. The normalized spacial score (nSPS) is 10.7. The van der Waals surface area contributed by atoms with E-state index in [1.807, 2.05) is 26.2 Å². The van der Waals surface area contributed by atoms with Gasteiger partial charge in [-0.15, -0.1) is 0 Å². The van der Waals surface area contributed by atoms with Gasteiger partial charge in [-0.25, -0.2) is 0 Å². The van der Waals surface area contributed by atoms with Gasteiger partial charge in [0, 0.05) is 37.0 Å². The van der Waals surface area contributed by atoms with E-state index >= 15 is 0 Å². The molecule has 0 saturated heterocycles. The molecule has 6 heteroatoms. The van der Waals surface area contributed by atoms with Crippen molar-refractivity contribution in [3.05, 3.63) is 57.4 Å². The van der Waals surface area contributed by atoms with Crippen molar-refractivity contribution in [2.75, 3.05) is 6.54 Å². The Morgan fingerprint density at radius 1 is 1.35 bits per heavy atom. The van der Waals surface area contributed by atoms with Crippen LogP contribution in [-0.2, 0) is 20.0 Å². The standard InChI is InChI=1S/C14H18N4O2/c1-11-13(10-17(2)16-11)9-15-8-7-12-5-3-4-6-14(12)18(19)20/h3-6,10,15H,7-9H2,1-2H3.